The maximum absolute atomic E-state index is 12.4. The summed E-state index contributed by atoms with van der Waals surface area (Å²) in [6, 6.07) is 6.66. The van der Waals surface area contributed by atoms with Crippen molar-refractivity contribution < 1.29 is 19.4 Å². The second-order valence-electron chi connectivity index (χ2n) is 7.79. The Bertz CT molecular complexity index is 880. The predicted molar refractivity (Wildman–Crippen MR) is 100 cm³/mol. The number of carbonyl (C=O) groups is 2. The lowest BCUT2D eigenvalue weighted by molar-refractivity contribution is -0.160. The lowest BCUT2D eigenvalue weighted by Crippen LogP contribution is -2.33. The van der Waals surface area contributed by atoms with Gasteiger partial charge < -0.3 is 20.1 Å². The Kier molecular flexibility index (Phi) is 5.06. The van der Waals surface area contributed by atoms with Crippen LogP contribution >= 0.6 is 0 Å². The molecule has 7 nitrogen and oxygen atoms in total. The standard InChI is InChI=1S/C20H25N3O4/c1-20(2,3)27-19(26)14-7-8-23-15(11-21)17(22-16(23)10-14)12-5-4-6-13(9-12)18(24)25/h4-6,9,14H,7-8,10-11,21H2,1-3H3,(H,24,25). The van der Waals surface area contributed by atoms with Crippen LogP contribution in [0.3, 0.4) is 0 Å². The number of nitrogens with two attached hydrogens (primary N) is 1. The van der Waals surface area contributed by atoms with E-state index in [0.29, 0.717) is 30.6 Å². The molecule has 1 aromatic heterocycles. The Morgan fingerprint density at radius 1 is 1.37 bits per heavy atom. The van der Waals surface area contributed by atoms with E-state index in [0.717, 1.165) is 11.5 Å². The number of hydrogen-bond donors (Lipinski definition) is 2. The Balaban J connectivity index is 1.92. The molecule has 1 aromatic carbocycles. The van der Waals surface area contributed by atoms with Crippen LogP contribution in [0.2, 0.25) is 0 Å². The summed E-state index contributed by atoms with van der Waals surface area (Å²) in [6.45, 7) is 6.49. The van der Waals surface area contributed by atoms with Gasteiger partial charge in [-0.05, 0) is 39.3 Å². The SMILES string of the molecule is CC(C)(C)OC(=O)C1CCn2c(nc(-c3cccc(C(=O)O)c3)c2CN)C1. The van der Waals surface area contributed by atoms with E-state index < -0.39 is 11.6 Å². The molecule has 1 aliphatic heterocycles. The molecule has 3 N–H and O–H groups in total. The van der Waals surface area contributed by atoms with Crippen LogP contribution in [0.4, 0.5) is 0 Å². The van der Waals surface area contributed by atoms with Crippen molar-refractivity contribution in [3.63, 3.8) is 0 Å². The molecule has 0 radical (unpaired) electrons. The van der Waals surface area contributed by atoms with Crippen LogP contribution in [0, 0.1) is 5.92 Å². The highest BCUT2D eigenvalue weighted by molar-refractivity contribution is 5.89. The van der Waals surface area contributed by atoms with Crippen molar-refractivity contribution in [1.29, 1.82) is 0 Å². The third-order valence-corrected chi connectivity index (χ3v) is 4.60. The third-order valence-electron chi connectivity index (χ3n) is 4.60. The number of carboxylic acid groups (broad SMARTS) is 1. The van der Waals surface area contributed by atoms with E-state index in [9.17, 15) is 14.7 Å². The Morgan fingerprint density at radius 3 is 2.74 bits per heavy atom. The summed E-state index contributed by atoms with van der Waals surface area (Å²) in [5.74, 6) is -0.642. The highest BCUT2D eigenvalue weighted by Crippen LogP contribution is 2.31. The second-order valence-corrected chi connectivity index (χ2v) is 7.79. The van der Waals surface area contributed by atoms with Crippen molar-refractivity contribution in [2.75, 3.05) is 0 Å². The topological polar surface area (TPSA) is 107 Å². The Labute approximate surface area is 158 Å². The van der Waals surface area contributed by atoms with Gasteiger partial charge in [0.05, 0.1) is 22.9 Å². The zero-order valence-corrected chi connectivity index (χ0v) is 15.9. The maximum Gasteiger partial charge on any atom is 0.335 e. The number of nitrogens with zero attached hydrogens (tertiary/aromatic N) is 2. The predicted octanol–water partition coefficient (Wildman–Crippen LogP) is 2.61. The molecule has 2 heterocycles. The van der Waals surface area contributed by atoms with Crippen LogP contribution in [-0.2, 0) is 29.0 Å². The largest absolute Gasteiger partial charge is 0.478 e. The van der Waals surface area contributed by atoms with Gasteiger partial charge >= 0.3 is 11.9 Å². The average molecular weight is 371 g/mol. The van der Waals surface area contributed by atoms with Gasteiger partial charge in [-0.15, -0.1) is 0 Å². The fourth-order valence-electron chi connectivity index (χ4n) is 3.39. The Morgan fingerprint density at radius 2 is 2.11 bits per heavy atom. The number of ether oxygens (including phenoxy) is 1. The van der Waals surface area contributed by atoms with Gasteiger partial charge in [0.1, 0.15) is 11.4 Å². The normalized spacial score (nSPS) is 16.7. The Hall–Kier alpha value is -2.67. The number of rotatable bonds is 4. The van der Waals surface area contributed by atoms with E-state index in [1.54, 1.807) is 18.2 Å². The van der Waals surface area contributed by atoms with Crippen molar-refractivity contribution in [3.05, 3.63) is 41.3 Å². The van der Waals surface area contributed by atoms with Crippen LogP contribution < -0.4 is 5.73 Å². The van der Waals surface area contributed by atoms with E-state index in [2.05, 4.69) is 0 Å². The first-order chi connectivity index (χ1) is 12.7. The van der Waals surface area contributed by atoms with E-state index in [1.165, 1.54) is 0 Å². The van der Waals surface area contributed by atoms with Crippen molar-refractivity contribution in [2.24, 2.45) is 11.7 Å². The second kappa shape index (κ2) is 7.15. The van der Waals surface area contributed by atoms with Crippen LogP contribution in [0.1, 0.15) is 49.1 Å². The van der Waals surface area contributed by atoms with Gasteiger partial charge in [-0.1, -0.05) is 12.1 Å². The number of aromatic nitrogens is 2. The molecule has 0 fully saturated rings. The van der Waals surface area contributed by atoms with E-state index in [1.807, 2.05) is 31.4 Å². The molecule has 1 atom stereocenters. The molecular formula is C20H25N3O4. The summed E-state index contributed by atoms with van der Waals surface area (Å²) in [4.78, 5) is 28.4. The van der Waals surface area contributed by atoms with Gasteiger partial charge in [-0.3, -0.25) is 4.79 Å². The van der Waals surface area contributed by atoms with Crippen LogP contribution in [-0.4, -0.2) is 32.2 Å². The molecule has 0 saturated heterocycles. The van der Waals surface area contributed by atoms with Crippen molar-refractivity contribution in [3.8, 4) is 11.3 Å². The minimum atomic E-state index is -0.986. The number of fused-ring (bicyclic) bond motifs is 1. The lowest BCUT2D eigenvalue weighted by atomic mass is 9.97. The van der Waals surface area contributed by atoms with Gasteiger partial charge in [0.25, 0.3) is 0 Å². The zero-order chi connectivity index (χ0) is 19.8. The van der Waals surface area contributed by atoms with Crippen molar-refractivity contribution >= 4 is 11.9 Å². The minimum Gasteiger partial charge on any atom is -0.478 e. The van der Waals surface area contributed by atoms with Crippen molar-refractivity contribution in [1.82, 2.24) is 9.55 Å². The summed E-state index contributed by atoms with van der Waals surface area (Å²) < 4.78 is 7.56. The molecule has 144 valence electrons. The van der Waals surface area contributed by atoms with Gasteiger partial charge in [-0.2, -0.15) is 0 Å². The molecule has 0 bridgehead atoms. The quantitative estimate of drug-likeness (QED) is 0.800. The number of imidazole rings is 1. The molecule has 0 saturated carbocycles. The molecule has 0 amide bonds. The third kappa shape index (κ3) is 4.03. The number of esters is 1. The first kappa shape index (κ1) is 19.1. The summed E-state index contributed by atoms with van der Waals surface area (Å²) in [7, 11) is 0. The molecule has 2 aromatic rings. The molecule has 3 rings (SSSR count). The van der Waals surface area contributed by atoms with Crippen molar-refractivity contribution in [2.45, 2.75) is 52.3 Å². The summed E-state index contributed by atoms with van der Waals surface area (Å²) in [5, 5.41) is 9.23. The first-order valence-corrected chi connectivity index (χ1v) is 9.04. The van der Waals surface area contributed by atoms with Gasteiger partial charge in [0.2, 0.25) is 0 Å². The smallest absolute Gasteiger partial charge is 0.335 e. The molecule has 7 heteroatoms. The van der Waals surface area contributed by atoms with Crippen LogP contribution in [0.15, 0.2) is 24.3 Å². The summed E-state index contributed by atoms with van der Waals surface area (Å²) in [5.41, 5.74) is 7.90. The first-order valence-electron chi connectivity index (χ1n) is 9.04. The van der Waals surface area contributed by atoms with E-state index >= 15 is 0 Å². The number of carbonyl (C=O) groups excluding carboxylic acids is 1. The molecule has 1 unspecified atom stereocenters. The molecule has 0 spiro atoms. The average Bonchev–Trinajstić information content (AvgIpc) is 2.98. The van der Waals surface area contributed by atoms with Gasteiger partial charge in [-0.25, -0.2) is 9.78 Å². The number of hydrogen-bond acceptors (Lipinski definition) is 5. The molecule has 27 heavy (non-hydrogen) atoms. The maximum atomic E-state index is 12.4. The number of benzene rings is 1. The number of aromatic carboxylic acids is 1. The lowest BCUT2D eigenvalue weighted by Gasteiger charge is -2.27. The summed E-state index contributed by atoms with van der Waals surface area (Å²) in [6.07, 6.45) is 1.15. The fourth-order valence-corrected chi connectivity index (χ4v) is 3.39. The highest BCUT2D eigenvalue weighted by atomic mass is 16.6. The zero-order valence-electron chi connectivity index (χ0n) is 15.9. The molecule has 0 aliphatic carbocycles. The summed E-state index contributed by atoms with van der Waals surface area (Å²) >= 11 is 0. The van der Waals surface area contributed by atoms with Gasteiger partial charge in [0, 0.05) is 25.1 Å². The van der Waals surface area contributed by atoms with Crippen LogP contribution in [0.25, 0.3) is 11.3 Å². The molecular weight excluding hydrogens is 346 g/mol. The van der Waals surface area contributed by atoms with Gasteiger partial charge in [0.15, 0.2) is 0 Å². The molecule has 1 aliphatic rings. The van der Waals surface area contributed by atoms with E-state index in [4.69, 9.17) is 15.5 Å². The fraction of sp³-hybridized carbons (Fsp3) is 0.450. The minimum absolute atomic E-state index is 0.202. The number of carboxylic acids is 1. The monoisotopic (exact) mass is 371 g/mol. The van der Waals surface area contributed by atoms with E-state index in [-0.39, 0.29) is 24.0 Å². The highest BCUT2D eigenvalue weighted by Gasteiger charge is 2.32. The van der Waals surface area contributed by atoms with Crippen LogP contribution in [0.5, 0.6) is 0 Å².